The molecule has 0 unspecified atom stereocenters. The lowest BCUT2D eigenvalue weighted by Gasteiger charge is -2.09. The number of rotatable bonds is 8. The van der Waals surface area contributed by atoms with Crippen LogP contribution in [0.2, 0.25) is 5.02 Å². The number of nitrogens with one attached hydrogen (secondary N) is 1. The summed E-state index contributed by atoms with van der Waals surface area (Å²) in [6, 6.07) is 13.7. The second-order valence-corrected chi connectivity index (χ2v) is 8.11. The predicted molar refractivity (Wildman–Crippen MR) is 117 cm³/mol. The summed E-state index contributed by atoms with van der Waals surface area (Å²) in [5.41, 5.74) is 1.71. The van der Waals surface area contributed by atoms with Gasteiger partial charge >= 0.3 is 5.97 Å². The zero-order chi connectivity index (χ0) is 21.5. The molecule has 0 bridgehead atoms. The number of esters is 1. The number of nitrogens with zero attached hydrogens (tertiary/aromatic N) is 1. The number of carbonyl (C=O) groups is 2. The van der Waals surface area contributed by atoms with Crippen molar-refractivity contribution in [3.05, 3.63) is 75.2 Å². The number of benzene rings is 2. The van der Waals surface area contributed by atoms with Crippen molar-refractivity contribution in [1.82, 2.24) is 4.98 Å². The number of amides is 1. The van der Waals surface area contributed by atoms with Gasteiger partial charge in [0.15, 0.2) is 0 Å². The first kappa shape index (κ1) is 21.8. The third-order valence-corrected chi connectivity index (χ3v) is 4.99. The lowest BCUT2D eigenvalue weighted by atomic mass is 10.2. The zero-order valence-electron chi connectivity index (χ0n) is 16.6. The van der Waals surface area contributed by atoms with Crippen LogP contribution in [0.4, 0.5) is 5.69 Å². The van der Waals surface area contributed by atoms with E-state index in [0.29, 0.717) is 34.3 Å². The van der Waals surface area contributed by atoms with Gasteiger partial charge in [-0.25, -0.2) is 9.78 Å². The third-order valence-electron chi connectivity index (χ3n) is 3.86. The number of hydrogen-bond donors (Lipinski definition) is 1. The second kappa shape index (κ2) is 10.2. The summed E-state index contributed by atoms with van der Waals surface area (Å²) >= 11 is 7.29. The number of thiazole rings is 1. The topological polar surface area (TPSA) is 77.5 Å². The first-order chi connectivity index (χ1) is 14.4. The highest BCUT2D eigenvalue weighted by Crippen LogP contribution is 2.19. The molecule has 3 rings (SSSR count). The molecule has 1 aromatic heterocycles. The van der Waals surface area contributed by atoms with Gasteiger partial charge in [-0.15, -0.1) is 11.3 Å². The van der Waals surface area contributed by atoms with Gasteiger partial charge in [-0.1, -0.05) is 11.6 Å². The number of ether oxygens (including phenoxy) is 2. The van der Waals surface area contributed by atoms with Crippen molar-refractivity contribution in [2.24, 2.45) is 0 Å². The molecule has 0 aliphatic rings. The van der Waals surface area contributed by atoms with Crippen molar-refractivity contribution in [3.63, 3.8) is 0 Å². The van der Waals surface area contributed by atoms with E-state index in [9.17, 15) is 9.59 Å². The fourth-order valence-corrected chi connectivity index (χ4v) is 3.34. The molecule has 0 aliphatic carbocycles. The van der Waals surface area contributed by atoms with Crippen molar-refractivity contribution >= 4 is 40.5 Å². The molecule has 1 heterocycles. The van der Waals surface area contributed by atoms with Crippen LogP contribution in [0, 0.1) is 0 Å². The molecule has 0 saturated carbocycles. The molecule has 0 radical (unpaired) electrons. The highest BCUT2D eigenvalue weighted by molar-refractivity contribution is 7.09. The Hall–Kier alpha value is -2.90. The van der Waals surface area contributed by atoms with Crippen molar-refractivity contribution in [2.45, 2.75) is 33.0 Å². The van der Waals surface area contributed by atoms with E-state index >= 15 is 0 Å². The van der Waals surface area contributed by atoms with Crippen LogP contribution in [0.5, 0.6) is 5.75 Å². The summed E-state index contributed by atoms with van der Waals surface area (Å²) in [6.45, 7) is 3.90. The highest BCUT2D eigenvalue weighted by atomic mass is 35.5. The second-order valence-electron chi connectivity index (χ2n) is 6.73. The van der Waals surface area contributed by atoms with Gasteiger partial charge in [-0.05, 0) is 62.4 Å². The van der Waals surface area contributed by atoms with E-state index < -0.39 is 5.97 Å². The molecule has 8 heteroatoms. The van der Waals surface area contributed by atoms with Crippen LogP contribution >= 0.6 is 22.9 Å². The Morgan fingerprint density at radius 1 is 1.10 bits per heavy atom. The zero-order valence-corrected chi connectivity index (χ0v) is 18.1. The maximum absolute atomic E-state index is 12.3. The lowest BCUT2D eigenvalue weighted by molar-refractivity contribution is -0.115. The van der Waals surface area contributed by atoms with E-state index in [1.54, 1.807) is 62.4 Å². The van der Waals surface area contributed by atoms with Gasteiger partial charge in [-0.2, -0.15) is 0 Å². The van der Waals surface area contributed by atoms with Gasteiger partial charge < -0.3 is 14.8 Å². The quantitative estimate of drug-likeness (QED) is 0.488. The Kier molecular flexibility index (Phi) is 7.43. The van der Waals surface area contributed by atoms with E-state index in [4.69, 9.17) is 21.1 Å². The van der Waals surface area contributed by atoms with Crippen LogP contribution in [-0.4, -0.2) is 23.0 Å². The lowest BCUT2D eigenvalue weighted by Crippen LogP contribution is -2.15. The number of hydrogen-bond acceptors (Lipinski definition) is 6. The van der Waals surface area contributed by atoms with Crippen molar-refractivity contribution < 1.29 is 19.1 Å². The summed E-state index contributed by atoms with van der Waals surface area (Å²) in [5, 5.41) is 6.06. The Bertz CT molecular complexity index is 1000. The molecule has 0 fully saturated rings. The predicted octanol–water partition coefficient (Wildman–Crippen LogP) is 5.12. The molecule has 0 saturated heterocycles. The van der Waals surface area contributed by atoms with E-state index in [-0.39, 0.29) is 18.4 Å². The maximum Gasteiger partial charge on any atom is 0.338 e. The number of carbonyl (C=O) groups excluding carboxylic acids is 2. The summed E-state index contributed by atoms with van der Waals surface area (Å²) in [4.78, 5) is 28.6. The van der Waals surface area contributed by atoms with Gasteiger partial charge in [0.25, 0.3) is 0 Å². The normalized spacial score (nSPS) is 10.7. The van der Waals surface area contributed by atoms with Crippen LogP contribution in [0.3, 0.4) is 0 Å². The third kappa shape index (κ3) is 6.57. The van der Waals surface area contributed by atoms with E-state index in [1.807, 2.05) is 5.38 Å². The molecule has 0 aliphatic heterocycles. The van der Waals surface area contributed by atoms with Crippen LogP contribution < -0.4 is 10.1 Å². The number of anilines is 1. The average molecular weight is 445 g/mol. The molecule has 0 spiro atoms. The Morgan fingerprint density at radius 2 is 1.80 bits per heavy atom. The van der Waals surface area contributed by atoms with Gasteiger partial charge in [0.1, 0.15) is 17.4 Å². The van der Waals surface area contributed by atoms with Gasteiger partial charge in [0, 0.05) is 16.1 Å². The molecule has 1 amide bonds. The smallest absolute Gasteiger partial charge is 0.338 e. The van der Waals surface area contributed by atoms with Crippen LogP contribution in [-0.2, 0) is 22.6 Å². The summed E-state index contributed by atoms with van der Waals surface area (Å²) in [6.07, 6.45) is -0.0364. The molecule has 30 heavy (non-hydrogen) atoms. The highest BCUT2D eigenvalue weighted by Gasteiger charge is 2.11. The van der Waals surface area contributed by atoms with Crippen LogP contribution in [0.25, 0.3) is 0 Å². The molecule has 6 nitrogen and oxygen atoms in total. The minimum Gasteiger partial charge on any atom is -0.486 e. The Labute approximate surface area is 183 Å². The number of halogens is 1. The van der Waals surface area contributed by atoms with Crippen molar-refractivity contribution in [3.8, 4) is 5.75 Å². The maximum atomic E-state index is 12.3. The fourth-order valence-electron chi connectivity index (χ4n) is 2.51. The summed E-state index contributed by atoms with van der Waals surface area (Å²) in [7, 11) is 0. The molecule has 3 aromatic rings. The molecular formula is C22H21ClN2O4S. The Balaban J connectivity index is 1.49. The Morgan fingerprint density at radius 3 is 2.47 bits per heavy atom. The van der Waals surface area contributed by atoms with Crippen LogP contribution in [0.15, 0.2) is 53.9 Å². The number of aromatic nitrogens is 1. The van der Waals surface area contributed by atoms with Crippen molar-refractivity contribution in [2.75, 3.05) is 5.32 Å². The van der Waals surface area contributed by atoms with Gasteiger partial charge in [0.05, 0.1) is 23.8 Å². The molecule has 1 N–H and O–H groups in total. The monoisotopic (exact) mass is 444 g/mol. The van der Waals surface area contributed by atoms with Crippen molar-refractivity contribution in [1.29, 1.82) is 0 Å². The van der Waals surface area contributed by atoms with E-state index in [1.165, 1.54) is 11.3 Å². The average Bonchev–Trinajstić information content (AvgIpc) is 3.14. The summed E-state index contributed by atoms with van der Waals surface area (Å²) < 4.78 is 10.8. The SMILES string of the molecule is CC(C)OC(=O)c1ccc(NC(=O)Cc2csc(COc3ccc(Cl)cc3)n2)cc1. The van der Waals surface area contributed by atoms with Crippen LogP contribution in [0.1, 0.15) is 34.9 Å². The van der Waals surface area contributed by atoms with Gasteiger partial charge in [-0.3, -0.25) is 4.79 Å². The van der Waals surface area contributed by atoms with E-state index in [2.05, 4.69) is 10.3 Å². The molecule has 2 aromatic carbocycles. The largest absolute Gasteiger partial charge is 0.486 e. The molecule has 0 atom stereocenters. The molecular weight excluding hydrogens is 424 g/mol. The van der Waals surface area contributed by atoms with Gasteiger partial charge in [0.2, 0.25) is 5.91 Å². The fraction of sp³-hybridized carbons (Fsp3) is 0.227. The van der Waals surface area contributed by atoms with E-state index in [0.717, 1.165) is 5.01 Å². The minimum absolute atomic E-state index is 0.147. The minimum atomic E-state index is -0.390. The standard InChI is InChI=1S/C22H21ClN2O4S/c1-14(2)29-22(27)15-3-7-17(8-4-15)24-20(26)11-18-13-30-21(25-18)12-28-19-9-5-16(23)6-10-19/h3-10,13-14H,11-12H2,1-2H3,(H,24,26). The first-order valence-electron chi connectivity index (χ1n) is 9.31. The first-order valence-corrected chi connectivity index (χ1v) is 10.6. The summed E-state index contributed by atoms with van der Waals surface area (Å²) in [5.74, 6) is 0.122. The molecule has 156 valence electrons.